The number of hydrogen-bond acceptors (Lipinski definition) is 23. The Morgan fingerprint density at radius 2 is 0.670 bits per heavy atom. The molecule has 0 saturated heterocycles. The van der Waals surface area contributed by atoms with Gasteiger partial charge in [-0.25, -0.2) is 0 Å². The molecule has 2 heterocycles. The highest BCUT2D eigenvalue weighted by molar-refractivity contribution is 8.01. The largest absolute Gasteiger partial charge is 0.320 e. The van der Waals surface area contributed by atoms with E-state index in [0.29, 0.717) is 103 Å². The third-order valence-electron chi connectivity index (χ3n) is 18.1. The van der Waals surface area contributed by atoms with Crippen LogP contribution in [0.5, 0.6) is 0 Å². The lowest BCUT2D eigenvalue weighted by atomic mass is 9.99. The van der Waals surface area contributed by atoms with E-state index in [2.05, 4.69) is 58.3 Å². The molecule has 0 radical (unpaired) electrons. The number of aromatic amines is 2. The molecule has 16 nitrogen and oxygen atoms in total. The van der Waals surface area contributed by atoms with E-state index in [4.69, 9.17) is 38.0 Å². The minimum atomic E-state index is -4.17. The van der Waals surface area contributed by atoms with E-state index in [1.54, 1.807) is 148 Å². The molecule has 2 N–H and O–H groups in total. The van der Waals surface area contributed by atoms with Crippen LogP contribution >= 0.6 is 138 Å². The molecule has 29 heteroatoms. The molecule has 584 valence electrons. The molecule has 0 fully saturated rings. The molecule has 112 heavy (non-hydrogen) atoms. The van der Waals surface area contributed by atoms with Crippen LogP contribution in [0.25, 0.3) is 0 Å². The smallest absolute Gasteiger partial charge is 0.300 e. The van der Waals surface area contributed by atoms with Crippen molar-refractivity contribution in [3.8, 4) is 0 Å². The Kier molecular flexibility index (Phi) is 32.2. The van der Waals surface area contributed by atoms with Crippen molar-refractivity contribution < 1.29 is 55.8 Å². The second kappa shape index (κ2) is 40.3. The van der Waals surface area contributed by atoms with Crippen molar-refractivity contribution >= 4 is 187 Å². The van der Waals surface area contributed by atoms with Crippen LogP contribution in [0.15, 0.2) is 191 Å². The van der Waals surface area contributed by atoms with Crippen molar-refractivity contribution in [3.05, 3.63) is 301 Å². The van der Waals surface area contributed by atoms with Gasteiger partial charge in [0.15, 0.2) is 16.6 Å². The number of carbonyl (C=O) groups is 5. The highest BCUT2D eigenvalue weighted by atomic mass is 32.2. The number of nitrogens with one attached hydrogen (secondary N) is 2. The van der Waals surface area contributed by atoms with Gasteiger partial charge in [0.1, 0.15) is 0 Å². The van der Waals surface area contributed by atoms with Crippen LogP contribution in [0.3, 0.4) is 0 Å². The van der Waals surface area contributed by atoms with Crippen molar-refractivity contribution in [2.45, 2.75) is 120 Å². The fraction of sp³-hybridized carbons (Fsp3) is 0.241. The van der Waals surface area contributed by atoms with Crippen molar-refractivity contribution in [1.29, 1.82) is 0 Å². The summed E-state index contributed by atoms with van der Waals surface area (Å²) in [5.74, 6) is 2.66. The molecule has 11 rings (SSSR count). The van der Waals surface area contributed by atoms with Crippen molar-refractivity contribution in [2.24, 2.45) is 0 Å². The summed E-state index contributed by atoms with van der Waals surface area (Å²) in [6.45, 7) is 19.6. The first-order valence-corrected chi connectivity index (χ1v) is 48.3. The predicted octanol–water partition coefficient (Wildman–Crippen LogP) is 22.0. The minimum Gasteiger partial charge on any atom is -0.320 e. The summed E-state index contributed by atoms with van der Waals surface area (Å²) in [7, 11) is -16.2. The van der Waals surface area contributed by atoms with Gasteiger partial charge < -0.3 is 18.1 Å². The Bertz CT molecular complexity index is 5340. The maximum Gasteiger partial charge on any atom is 0.300 e. The lowest BCUT2D eigenvalue weighted by Gasteiger charge is -2.22. The summed E-state index contributed by atoms with van der Waals surface area (Å²) in [6.07, 6.45) is 0.804. The fourth-order valence-corrected chi connectivity index (χ4v) is 26.5. The predicted molar refractivity (Wildman–Crippen MR) is 476 cm³/mol. The van der Waals surface area contributed by atoms with Gasteiger partial charge in [0.05, 0.1) is 19.8 Å². The summed E-state index contributed by atoms with van der Waals surface area (Å²) >= 11 is 29.1. The first-order chi connectivity index (χ1) is 53.4. The van der Waals surface area contributed by atoms with Gasteiger partial charge in [-0.2, -0.15) is 48.1 Å². The molecule has 9 aromatic carbocycles. The number of H-pyrrole nitrogens is 2. The summed E-state index contributed by atoms with van der Waals surface area (Å²) < 4.78 is 78.0. The molecule has 0 amide bonds. The maximum absolute atomic E-state index is 14.6. The number of carbonyl (C=O) groups excluding carboxylic acids is 5. The quantitative estimate of drug-likeness (QED) is 0.00892. The highest BCUT2D eigenvalue weighted by Crippen LogP contribution is 2.56. The van der Waals surface area contributed by atoms with Gasteiger partial charge in [0.25, 0.3) is 16.6 Å². The first kappa shape index (κ1) is 89.4. The zero-order valence-electron chi connectivity index (χ0n) is 63.6. The van der Waals surface area contributed by atoms with Crippen molar-refractivity contribution in [3.63, 3.8) is 0 Å². The highest BCUT2D eigenvalue weighted by Gasteiger charge is 2.46. The molecule has 0 spiro atoms. The van der Waals surface area contributed by atoms with Crippen LogP contribution in [0.4, 0.5) is 0 Å². The van der Waals surface area contributed by atoms with Crippen LogP contribution in [-0.2, 0) is 67.0 Å². The molecular formula is C83H86N4O12P4S9. The fourth-order valence-electron chi connectivity index (χ4n) is 13.2. The molecule has 0 aliphatic rings. The second-order valence-corrected chi connectivity index (χ2v) is 42.4. The SMILES string of the molecule is CCOP(=O)(C(=O)c1c(C)cc(CSc2n[nH]c(=S)s2)cc1CSc1n[nH]c(=S)s1)c1ccccc1.CCc1cc(C)c(C(=O)P(=O)(OCCOP(=O)(C(=O)c2c(C)cc(CS)cc2C)c2ccccc2)c2ccccc2)c(C)c1.Cc1cc(CS)cc(C)c1C(=O)P(=O)(C(=O)c1c(C)cc(CS)cc1C)c1ccccc1. The van der Waals surface area contributed by atoms with Crippen LogP contribution in [-0.4, -0.2) is 67.8 Å². The number of aromatic nitrogens is 4. The summed E-state index contributed by atoms with van der Waals surface area (Å²) in [5.41, 5.74) is 10.9. The number of hydrogen-bond donors (Lipinski definition) is 5. The molecule has 0 aliphatic heterocycles. The number of thioether (sulfide) groups is 2. The van der Waals surface area contributed by atoms with E-state index in [0.717, 1.165) is 65.2 Å². The van der Waals surface area contributed by atoms with E-state index < -0.39 is 56.9 Å². The average Bonchev–Trinajstić information content (AvgIpc) is 0.826. The number of benzene rings is 9. The molecule has 0 aliphatic carbocycles. The van der Waals surface area contributed by atoms with Gasteiger partial charge in [-0.3, -0.25) is 47.9 Å². The normalized spacial score (nSPS) is 12.9. The lowest BCUT2D eigenvalue weighted by Crippen LogP contribution is -2.23. The number of thiol groups is 3. The standard InChI is InChI=1S/C35H38O6P2S.C26H27O3PS2.C22H21N4O3PS6/c1-6-28-19-24(2)32(25(3)20-28)34(36)42(38,30-13-9-7-10-14-30)40-17-18-41-43(39,31-15-11-8-12-16-31)35(37)33-26(4)21-29(23-44)22-27(33)5;1-16-10-20(14-31)11-17(2)23(16)25(27)30(29,22-8-6-5-7-9-22)26(28)24-18(3)12-21(15-32)13-19(24)4;1-3-29-30(28,16-7-5-4-6-8-16)18(27)17-13(2)9-14(11-33-21-25-23-19(31)35-21)10-15(17)12-34-22-26-24-20(32)36-22/h7-16,19-22,44H,6,17-18,23H2,1-5H3;5-13,31-32H,14-15H2,1-4H3;4-10H,3,11-12H2,1-2H3,(H,23,31)(H,24,32). The Balaban J connectivity index is 0.000000196. The van der Waals surface area contributed by atoms with Gasteiger partial charge in [0.2, 0.25) is 18.2 Å². The summed E-state index contributed by atoms with van der Waals surface area (Å²) in [6, 6.07) is 52.7. The van der Waals surface area contributed by atoms with Crippen LogP contribution in [0.1, 0.15) is 149 Å². The van der Waals surface area contributed by atoms with Crippen LogP contribution < -0.4 is 21.2 Å². The maximum atomic E-state index is 14.6. The van der Waals surface area contributed by atoms with E-state index in [1.165, 1.54) is 34.4 Å². The topological polar surface area (TPSA) is 239 Å². The van der Waals surface area contributed by atoms with E-state index in [9.17, 15) is 42.2 Å². The lowest BCUT2D eigenvalue weighted by molar-refractivity contribution is 0.103. The summed E-state index contributed by atoms with van der Waals surface area (Å²) in [5, 5.41) is 15.1. The van der Waals surface area contributed by atoms with Gasteiger partial charge in [-0.1, -0.05) is 199 Å². The Hall–Kier alpha value is -6.56. The van der Waals surface area contributed by atoms with Gasteiger partial charge >= 0.3 is 22.1 Å². The van der Waals surface area contributed by atoms with E-state index in [1.807, 2.05) is 122 Å². The zero-order valence-corrected chi connectivity index (χ0v) is 74.7. The number of aryl methyl sites for hydroxylation is 10. The Labute approximate surface area is 697 Å². The molecular weight excluding hydrogens is 1660 g/mol. The van der Waals surface area contributed by atoms with Gasteiger partial charge in [-0.05, 0) is 220 Å². The van der Waals surface area contributed by atoms with Crippen molar-refractivity contribution in [1.82, 2.24) is 20.4 Å². The van der Waals surface area contributed by atoms with Crippen LogP contribution in [0.2, 0.25) is 0 Å². The van der Waals surface area contributed by atoms with Gasteiger partial charge in [-0.15, -0.1) is 0 Å². The monoisotopic (exact) mass is 1740 g/mol. The molecule has 0 bridgehead atoms. The molecule has 3 unspecified atom stereocenters. The average molecular weight is 1740 g/mol. The molecule has 2 aromatic heterocycles. The molecule has 11 aromatic rings. The third-order valence-corrected chi connectivity index (χ3v) is 33.4. The summed E-state index contributed by atoms with van der Waals surface area (Å²) in [4.78, 5) is 69.8. The second-order valence-electron chi connectivity index (χ2n) is 26.2. The van der Waals surface area contributed by atoms with Crippen LogP contribution in [0, 0.1) is 70.2 Å². The Morgan fingerprint density at radius 3 is 0.982 bits per heavy atom. The van der Waals surface area contributed by atoms with Crippen molar-refractivity contribution in [2.75, 3.05) is 19.8 Å². The number of nitrogens with zero attached hydrogens (tertiary/aromatic N) is 2. The van der Waals surface area contributed by atoms with E-state index in [-0.39, 0.29) is 35.7 Å². The third kappa shape index (κ3) is 20.8. The molecule has 3 atom stereocenters. The first-order valence-electron chi connectivity index (χ1n) is 35.4. The Morgan fingerprint density at radius 1 is 0.384 bits per heavy atom. The molecule has 0 saturated carbocycles. The zero-order chi connectivity index (χ0) is 81.4. The number of rotatable bonds is 31. The van der Waals surface area contributed by atoms with Gasteiger partial charge in [0, 0.05) is 77.8 Å². The minimum absolute atomic E-state index is 0.155. The van der Waals surface area contributed by atoms with E-state index >= 15 is 0 Å².